The van der Waals surface area contributed by atoms with Crippen molar-refractivity contribution in [3.05, 3.63) is 29.8 Å². The van der Waals surface area contributed by atoms with Crippen molar-refractivity contribution in [2.45, 2.75) is 18.4 Å². The fourth-order valence-corrected chi connectivity index (χ4v) is 2.29. The van der Waals surface area contributed by atoms with Gasteiger partial charge < -0.3 is 15.8 Å². The van der Waals surface area contributed by atoms with Crippen LogP contribution in [0.3, 0.4) is 0 Å². The van der Waals surface area contributed by atoms with Gasteiger partial charge in [0.2, 0.25) is 5.91 Å². The third-order valence-corrected chi connectivity index (χ3v) is 3.14. The monoisotopic (exact) mass is 220 g/mol. The Labute approximate surface area is 94.8 Å². The molecule has 4 nitrogen and oxygen atoms in total. The van der Waals surface area contributed by atoms with E-state index in [9.17, 15) is 4.79 Å². The van der Waals surface area contributed by atoms with Crippen molar-refractivity contribution in [2.24, 2.45) is 5.73 Å². The molecule has 4 heteroatoms. The topological polar surface area (TPSA) is 64.3 Å². The standard InChI is InChI=1S/C12H16N2O2/c1-14-12(8-11(13)15)6-7-16-10-5-3-2-4-9(10)12/h2-5,14H,6-8H2,1H3,(H2,13,15). The largest absolute Gasteiger partial charge is 0.493 e. The summed E-state index contributed by atoms with van der Waals surface area (Å²) >= 11 is 0. The van der Waals surface area contributed by atoms with Gasteiger partial charge in [0.05, 0.1) is 12.1 Å². The highest BCUT2D eigenvalue weighted by Crippen LogP contribution is 2.38. The van der Waals surface area contributed by atoms with Gasteiger partial charge in [-0.15, -0.1) is 0 Å². The predicted molar refractivity (Wildman–Crippen MR) is 61.1 cm³/mol. The maximum atomic E-state index is 11.2. The van der Waals surface area contributed by atoms with E-state index in [-0.39, 0.29) is 11.4 Å². The molecule has 0 spiro atoms. The van der Waals surface area contributed by atoms with Crippen LogP contribution in [0.4, 0.5) is 0 Å². The van der Waals surface area contributed by atoms with Gasteiger partial charge in [0.25, 0.3) is 0 Å². The number of carbonyl (C=O) groups is 1. The number of para-hydroxylation sites is 1. The lowest BCUT2D eigenvalue weighted by molar-refractivity contribution is -0.119. The first kappa shape index (κ1) is 11.0. The fraction of sp³-hybridized carbons (Fsp3) is 0.417. The average molecular weight is 220 g/mol. The zero-order chi connectivity index (χ0) is 11.6. The van der Waals surface area contributed by atoms with Gasteiger partial charge in [0.1, 0.15) is 5.75 Å². The minimum absolute atomic E-state index is 0.296. The molecule has 86 valence electrons. The van der Waals surface area contributed by atoms with Gasteiger partial charge in [-0.1, -0.05) is 18.2 Å². The summed E-state index contributed by atoms with van der Waals surface area (Å²) in [4.78, 5) is 11.2. The first-order chi connectivity index (χ1) is 7.68. The number of benzene rings is 1. The van der Waals surface area contributed by atoms with Crippen molar-refractivity contribution >= 4 is 5.91 Å². The average Bonchev–Trinajstić information content (AvgIpc) is 2.29. The molecular weight excluding hydrogens is 204 g/mol. The lowest BCUT2D eigenvalue weighted by Crippen LogP contribution is -2.46. The molecule has 0 radical (unpaired) electrons. The van der Waals surface area contributed by atoms with Gasteiger partial charge in [-0.05, 0) is 13.1 Å². The van der Waals surface area contributed by atoms with Gasteiger partial charge in [0, 0.05) is 18.4 Å². The lowest BCUT2D eigenvalue weighted by Gasteiger charge is -2.38. The van der Waals surface area contributed by atoms with Crippen molar-refractivity contribution in [2.75, 3.05) is 13.7 Å². The van der Waals surface area contributed by atoms with Crippen molar-refractivity contribution in [1.29, 1.82) is 0 Å². The Hall–Kier alpha value is -1.55. The molecule has 2 rings (SSSR count). The Bertz CT molecular complexity index is 406. The third kappa shape index (κ3) is 1.76. The van der Waals surface area contributed by atoms with Crippen molar-refractivity contribution in [3.8, 4) is 5.75 Å². The number of hydrogen-bond acceptors (Lipinski definition) is 3. The number of amides is 1. The van der Waals surface area contributed by atoms with E-state index in [0.29, 0.717) is 13.0 Å². The van der Waals surface area contributed by atoms with E-state index in [1.807, 2.05) is 31.3 Å². The predicted octanol–water partition coefficient (Wildman–Crippen LogP) is 0.759. The van der Waals surface area contributed by atoms with Crippen molar-refractivity contribution < 1.29 is 9.53 Å². The van der Waals surface area contributed by atoms with E-state index in [4.69, 9.17) is 10.5 Å². The summed E-state index contributed by atoms with van der Waals surface area (Å²) < 4.78 is 5.57. The highest BCUT2D eigenvalue weighted by atomic mass is 16.5. The lowest BCUT2D eigenvalue weighted by atomic mass is 9.81. The van der Waals surface area contributed by atoms with E-state index in [1.165, 1.54) is 0 Å². The summed E-state index contributed by atoms with van der Waals surface area (Å²) in [6.07, 6.45) is 1.05. The third-order valence-electron chi connectivity index (χ3n) is 3.14. The normalized spacial score (nSPS) is 23.3. The van der Waals surface area contributed by atoms with Crippen LogP contribution in [0.1, 0.15) is 18.4 Å². The second-order valence-electron chi connectivity index (χ2n) is 4.07. The summed E-state index contributed by atoms with van der Waals surface area (Å²) in [6.45, 7) is 0.602. The Balaban J connectivity index is 2.44. The van der Waals surface area contributed by atoms with Crippen LogP contribution in [-0.2, 0) is 10.3 Å². The SMILES string of the molecule is CNC1(CC(N)=O)CCOc2ccccc21. The molecule has 1 amide bonds. The molecule has 1 unspecified atom stereocenters. The molecule has 3 N–H and O–H groups in total. The molecular formula is C12H16N2O2. The Morgan fingerprint density at radius 1 is 1.56 bits per heavy atom. The highest BCUT2D eigenvalue weighted by molar-refractivity contribution is 5.76. The number of rotatable bonds is 3. The Morgan fingerprint density at radius 2 is 2.31 bits per heavy atom. The van der Waals surface area contributed by atoms with Gasteiger partial charge in [-0.25, -0.2) is 0 Å². The van der Waals surface area contributed by atoms with Gasteiger partial charge in [-0.3, -0.25) is 4.79 Å². The second-order valence-corrected chi connectivity index (χ2v) is 4.07. The molecule has 0 aliphatic carbocycles. The molecule has 1 heterocycles. The van der Waals surface area contributed by atoms with Crippen LogP contribution < -0.4 is 15.8 Å². The van der Waals surface area contributed by atoms with Gasteiger partial charge >= 0.3 is 0 Å². The van der Waals surface area contributed by atoms with Crippen LogP contribution >= 0.6 is 0 Å². The molecule has 0 bridgehead atoms. The fourth-order valence-electron chi connectivity index (χ4n) is 2.29. The van der Waals surface area contributed by atoms with Crippen LogP contribution in [0.5, 0.6) is 5.75 Å². The van der Waals surface area contributed by atoms with Gasteiger partial charge in [0.15, 0.2) is 0 Å². The van der Waals surface area contributed by atoms with Crippen molar-refractivity contribution in [3.63, 3.8) is 0 Å². The van der Waals surface area contributed by atoms with Gasteiger partial charge in [-0.2, -0.15) is 0 Å². The molecule has 16 heavy (non-hydrogen) atoms. The molecule has 1 aliphatic heterocycles. The van der Waals surface area contributed by atoms with E-state index in [2.05, 4.69) is 5.32 Å². The number of fused-ring (bicyclic) bond motifs is 1. The molecule has 0 saturated heterocycles. The first-order valence-electron chi connectivity index (χ1n) is 5.37. The molecule has 1 aliphatic rings. The van der Waals surface area contributed by atoms with Crippen molar-refractivity contribution in [1.82, 2.24) is 5.32 Å². The minimum Gasteiger partial charge on any atom is -0.493 e. The van der Waals surface area contributed by atoms with Crippen LogP contribution in [0.2, 0.25) is 0 Å². The molecule has 1 aromatic carbocycles. The quantitative estimate of drug-likeness (QED) is 0.790. The molecule has 1 atom stereocenters. The Kier molecular flexibility index (Phi) is 2.83. The number of hydrogen-bond donors (Lipinski definition) is 2. The smallest absolute Gasteiger partial charge is 0.219 e. The summed E-state index contributed by atoms with van der Waals surface area (Å²) in [6, 6.07) is 7.77. The van der Waals surface area contributed by atoms with Crippen LogP contribution in [-0.4, -0.2) is 19.6 Å². The van der Waals surface area contributed by atoms with E-state index < -0.39 is 0 Å². The van der Waals surface area contributed by atoms with Crippen LogP contribution in [0.15, 0.2) is 24.3 Å². The zero-order valence-electron chi connectivity index (χ0n) is 9.32. The minimum atomic E-state index is -0.374. The number of nitrogens with one attached hydrogen (secondary N) is 1. The molecule has 0 aromatic heterocycles. The first-order valence-corrected chi connectivity index (χ1v) is 5.37. The summed E-state index contributed by atoms with van der Waals surface area (Å²) in [5.74, 6) is 0.537. The second kappa shape index (κ2) is 4.14. The number of carbonyl (C=O) groups excluding carboxylic acids is 1. The maximum absolute atomic E-state index is 11.2. The van der Waals surface area contributed by atoms with E-state index >= 15 is 0 Å². The Morgan fingerprint density at radius 3 is 3.00 bits per heavy atom. The summed E-state index contributed by atoms with van der Waals surface area (Å²) in [7, 11) is 1.85. The number of primary amides is 1. The van der Waals surface area contributed by atoms with E-state index in [0.717, 1.165) is 17.7 Å². The number of ether oxygens (including phenoxy) is 1. The number of nitrogens with two attached hydrogens (primary N) is 1. The highest BCUT2D eigenvalue weighted by Gasteiger charge is 2.37. The molecule has 0 fully saturated rings. The summed E-state index contributed by atoms with van der Waals surface area (Å²) in [5.41, 5.74) is 5.96. The molecule has 0 saturated carbocycles. The maximum Gasteiger partial charge on any atom is 0.219 e. The van der Waals surface area contributed by atoms with Crippen LogP contribution in [0, 0.1) is 0 Å². The summed E-state index contributed by atoms with van der Waals surface area (Å²) in [5, 5.41) is 3.22. The van der Waals surface area contributed by atoms with E-state index in [1.54, 1.807) is 0 Å². The van der Waals surface area contributed by atoms with Crippen LogP contribution in [0.25, 0.3) is 0 Å². The molecule has 1 aromatic rings. The zero-order valence-corrected chi connectivity index (χ0v) is 9.32.